The summed E-state index contributed by atoms with van der Waals surface area (Å²) in [6.07, 6.45) is 5.74. The zero-order chi connectivity index (χ0) is 20.6. The minimum atomic E-state index is -3.74. The predicted molar refractivity (Wildman–Crippen MR) is 106 cm³/mol. The van der Waals surface area contributed by atoms with Crippen molar-refractivity contribution in [1.29, 1.82) is 0 Å². The highest BCUT2D eigenvalue weighted by atomic mass is 32.2. The van der Waals surface area contributed by atoms with Gasteiger partial charge in [-0.1, -0.05) is 6.08 Å². The summed E-state index contributed by atoms with van der Waals surface area (Å²) in [5.74, 6) is -0.235. The number of fused-ring (bicyclic) bond motifs is 1. The van der Waals surface area contributed by atoms with Crippen LogP contribution in [0.15, 0.2) is 39.5 Å². The van der Waals surface area contributed by atoms with Crippen molar-refractivity contribution in [3.63, 3.8) is 0 Å². The van der Waals surface area contributed by atoms with Gasteiger partial charge in [0.15, 0.2) is 5.76 Å². The van der Waals surface area contributed by atoms with Gasteiger partial charge in [-0.2, -0.15) is 9.36 Å². The van der Waals surface area contributed by atoms with Crippen LogP contribution in [0, 0.1) is 0 Å². The van der Waals surface area contributed by atoms with E-state index in [4.69, 9.17) is 10.5 Å². The maximum Gasteiger partial charge on any atom is 0.283 e. The largest absolute Gasteiger partial charge is 0.490 e. The summed E-state index contributed by atoms with van der Waals surface area (Å²) in [4.78, 5) is 28.2. The normalized spacial score (nSPS) is 16.2. The van der Waals surface area contributed by atoms with Gasteiger partial charge in [-0.25, -0.2) is 12.8 Å². The van der Waals surface area contributed by atoms with Crippen LogP contribution in [0.3, 0.4) is 0 Å². The molecule has 0 spiro atoms. The number of carbonyl (C=O) groups is 1. The highest BCUT2D eigenvalue weighted by molar-refractivity contribution is 7.91. The molecule has 1 aliphatic carbocycles. The SMILES string of the molecule is CCOC1=C/C(=C/c2c(N)n3c(S(=O)(=O)C(C)C)nsc3nc2=O)C=CC1=O. The molecule has 9 nitrogen and oxygen atoms in total. The van der Waals surface area contributed by atoms with E-state index in [0.717, 1.165) is 11.5 Å². The molecule has 0 fully saturated rings. The lowest BCUT2D eigenvalue weighted by molar-refractivity contribution is -0.114. The minimum absolute atomic E-state index is 0.000923. The van der Waals surface area contributed by atoms with Crippen molar-refractivity contribution >= 4 is 44.0 Å². The van der Waals surface area contributed by atoms with Crippen LogP contribution in [-0.2, 0) is 19.4 Å². The average Bonchev–Trinajstić information content (AvgIpc) is 3.06. The number of nitrogens with two attached hydrogens (primary N) is 1. The van der Waals surface area contributed by atoms with Gasteiger partial charge in [-0.3, -0.25) is 9.59 Å². The smallest absolute Gasteiger partial charge is 0.283 e. The third kappa shape index (κ3) is 3.38. The van der Waals surface area contributed by atoms with Gasteiger partial charge in [0.25, 0.3) is 5.56 Å². The lowest BCUT2D eigenvalue weighted by atomic mass is 10.0. The van der Waals surface area contributed by atoms with Crippen LogP contribution in [0.25, 0.3) is 11.0 Å². The Labute approximate surface area is 164 Å². The fraction of sp³-hybridized carbons (Fsp3) is 0.294. The molecule has 0 atom stereocenters. The van der Waals surface area contributed by atoms with Gasteiger partial charge in [-0.15, -0.1) is 0 Å². The summed E-state index contributed by atoms with van der Waals surface area (Å²) in [5, 5.41) is -0.977. The molecule has 2 heterocycles. The number of sulfone groups is 1. The first-order chi connectivity index (χ1) is 13.2. The number of carbonyl (C=O) groups excluding carboxylic acids is 1. The average molecular weight is 422 g/mol. The van der Waals surface area contributed by atoms with E-state index in [1.54, 1.807) is 6.92 Å². The zero-order valence-electron chi connectivity index (χ0n) is 15.4. The summed E-state index contributed by atoms with van der Waals surface area (Å²) < 4.78 is 35.5. The van der Waals surface area contributed by atoms with E-state index in [9.17, 15) is 18.0 Å². The number of rotatable bonds is 5. The molecule has 0 amide bonds. The fourth-order valence-corrected chi connectivity index (χ4v) is 4.55. The Morgan fingerprint density at radius 3 is 2.68 bits per heavy atom. The summed E-state index contributed by atoms with van der Waals surface area (Å²) in [6, 6.07) is 0. The minimum Gasteiger partial charge on any atom is -0.490 e. The molecule has 11 heteroatoms. The van der Waals surface area contributed by atoms with E-state index in [-0.39, 0.29) is 33.0 Å². The molecule has 0 saturated heterocycles. The maximum absolute atomic E-state index is 12.6. The molecule has 0 radical (unpaired) electrons. The topological polar surface area (TPSA) is 134 Å². The van der Waals surface area contributed by atoms with E-state index < -0.39 is 20.6 Å². The Bertz CT molecular complexity index is 1220. The molecule has 0 aromatic carbocycles. The van der Waals surface area contributed by atoms with E-state index in [0.29, 0.717) is 12.2 Å². The van der Waals surface area contributed by atoms with Crippen LogP contribution in [0.5, 0.6) is 0 Å². The van der Waals surface area contributed by atoms with Crippen molar-refractivity contribution in [2.45, 2.75) is 31.2 Å². The lowest BCUT2D eigenvalue weighted by Gasteiger charge is -2.11. The number of hydrogen-bond donors (Lipinski definition) is 1. The van der Waals surface area contributed by atoms with Gasteiger partial charge in [0.05, 0.1) is 17.4 Å². The Hall–Kier alpha value is -2.79. The van der Waals surface area contributed by atoms with E-state index in [2.05, 4.69) is 9.36 Å². The molecular formula is C17H18N4O5S2. The van der Waals surface area contributed by atoms with E-state index in [1.165, 1.54) is 42.6 Å². The fourth-order valence-electron chi connectivity index (χ4n) is 2.47. The Morgan fingerprint density at radius 2 is 2.04 bits per heavy atom. The van der Waals surface area contributed by atoms with Crippen molar-refractivity contribution in [1.82, 2.24) is 13.8 Å². The molecule has 2 N–H and O–H groups in total. The van der Waals surface area contributed by atoms with E-state index in [1.807, 2.05) is 0 Å². The summed E-state index contributed by atoms with van der Waals surface area (Å²) >= 11 is 0.780. The first-order valence-electron chi connectivity index (χ1n) is 8.37. The number of allylic oxidation sites excluding steroid dienone is 4. The van der Waals surface area contributed by atoms with Gasteiger partial charge in [0.2, 0.25) is 25.7 Å². The summed E-state index contributed by atoms with van der Waals surface area (Å²) in [7, 11) is -3.74. The molecule has 2 aromatic heterocycles. The first-order valence-corrected chi connectivity index (χ1v) is 10.7. The maximum atomic E-state index is 12.6. The van der Waals surface area contributed by atoms with Gasteiger partial charge in [0.1, 0.15) is 5.82 Å². The number of anilines is 1. The quantitative estimate of drug-likeness (QED) is 0.763. The first kappa shape index (κ1) is 20.0. The Balaban J connectivity index is 2.22. The van der Waals surface area contributed by atoms with Crippen molar-refractivity contribution in [2.75, 3.05) is 12.3 Å². The highest BCUT2D eigenvalue weighted by Gasteiger charge is 2.28. The van der Waals surface area contributed by atoms with E-state index >= 15 is 0 Å². The number of nitrogen functional groups attached to an aromatic ring is 1. The Kier molecular flexibility index (Phi) is 5.22. The second kappa shape index (κ2) is 7.32. The van der Waals surface area contributed by atoms with Crippen LogP contribution >= 0.6 is 11.5 Å². The van der Waals surface area contributed by atoms with Gasteiger partial charge >= 0.3 is 0 Å². The summed E-state index contributed by atoms with van der Waals surface area (Å²) in [6.45, 7) is 5.12. The number of ether oxygens (including phenoxy) is 1. The van der Waals surface area contributed by atoms with Crippen LogP contribution in [0.2, 0.25) is 0 Å². The monoisotopic (exact) mass is 422 g/mol. The lowest BCUT2D eigenvalue weighted by Crippen LogP contribution is -2.21. The molecular weight excluding hydrogens is 404 g/mol. The summed E-state index contributed by atoms with van der Waals surface area (Å²) in [5.41, 5.74) is 6.00. The molecule has 148 valence electrons. The van der Waals surface area contributed by atoms with Gasteiger partial charge < -0.3 is 10.5 Å². The predicted octanol–water partition coefficient (Wildman–Crippen LogP) is 1.36. The number of nitrogens with zero attached hydrogens (tertiary/aromatic N) is 3. The van der Waals surface area contributed by atoms with Crippen molar-refractivity contribution in [3.8, 4) is 0 Å². The molecule has 2 aromatic rings. The second-order valence-electron chi connectivity index (χ2n) is 6.18. The molecule has 0 unspecified atom stereocenters. The zero-order valence-corrected chi connectivity index (χ0v) is 17.0. The number of hydrogen-bond acceptors (Lipinski definition) is 9. The van der Waals surface area contributed by atoms with Crippen molar-refractivity contribution in [3.05, 3.63) is 45.5 Å². The van der Waals surface area contributed by atoms with Crippen molar-refractivity contribution < 1.29 is 17.9 Å². The third-order valence-corrected chi connectivity index (χ3v) is 6.83. The van der Waals surface area contributed by atoms with Gasteiger partial charge in [0, 0.05) is 11.5 Å². The van der Waals surface area contributed by atoms with Crippen LogP contribution in [-0.4, -0.2) is 39.8 Å². The van der Waals surface area contributed by atoms with Crippen LogP contribution in [0.1, 0.15) is 26.3 Å². The van der Waals surface area contributed by atoms with Gasteiger partial charge in [-0.05, 0) is 44.6 Å². The number of ketones is 1. The molecule has 0 saturated carbocycles. The third-order valence-electron chi connectivity index (χ3n) is 3.99. The van der Waals surface area contributed by atoms with Crippen LogP contribution < -0.4 is 11.3 Å². The number of aromatic nitrogens is 3. The van der Waals surface area contributed by atoms with Crippen LogP contribution in [0.4, 0.5) is 5.82 Å². The molecule has 0 aliphatic heterocycles. The highest BCUT2D eigenvalue weighted by Crippen LogP contribution is 2.24. The molecule has 28 heavy (non-hydrogen) atoms. The Morgan fingerprint density at radius 1 is 1.32 bits per heavy atom. The standard InChI is InChI=1S/C17H18N4O5S2/c1-4-26-13-8-10(5-6-12(13)22)7-11-14(18)21-16(19-15(11)23)27-20-17(21)28(24,25)9(2)3/h5-9H,4,18H2,1-3H3/b10-7+. The van der Waals surface area contributed by atoms with Crippen molar-refractivity contribution in [2.24, 2.45) is 0 Å². The second-order valence-corrected chi connectivity index (χ2v) is 9.30. The molecule has 3 rings (SSSR count). The molecule has 1 aliphatic rings. The molecule has 0 bridgehead atoms.